The molecule has 0 aliphatic carbocycles. The number of alkyl halides is 3. The number of rotatable bonds is 4. The van der Waals surface area contributed by atoms with E-state index in [1.54, 1.807) is 24.3 Å². The Morgan fingerprint density at radius 1 is 1.19 bits per heavy atom. The molecule has 0 amide bonds. The molecule has 0 aliphatic heterocycles. The van der Waals surface area contributed by atoms with Gasteiger partial charge in [0, 0.05) is 4.47 Å². The lowest BCUT2D eigenvalue weighted by atomic mass is 10.1. The van der Waals surface area contributed by atoms with Crippen molar-refractivity contribution in [3.63, 3.8) is 0 Å². The highest BCUT2D eigenvalue weighted by atomic mass is 79.9. The van der Waals surface area contributed by atoms with Crippen molar-refractivity contribution in [1.82, 2.24) is 0 Å². The predicted octanol–water partition coefficient (Wildman–Crippen LogP) is 4.24. The number of benzene rings is 2. The van der Waals surface area contributed by atoms with E-state index < -0.39 is 24.7 Å². The molecule has 1 unspecified atom stereocenters. The molecule has 2 rings (SSSR count). The Hall–Kier alpha value is -1.76. The van der Waals surface area contributed by atoms with Crippen LogP contribution in [0.4, 0.5) is 13.2 Å². The van der Waals surface area contributed by atoms with Gasteiger partial charge >= 0.3 is 12.1 Å². The molecule has 0 saturated heterocycles. The van der Waals surface area contributed by atoms with Gasteiger partial charge in [0.05, 0.1) is 0 Å². The highest BCUT2D eigenvalue weighted by Crippen LogP contribution is 2.28. The van der Waals surface area contributed by atoms with Crippen molar-refractivity contribution in [3.05, 3.63) is 40.9 Å². The minimum absolute atomic E-state index is 0.195. The Morgan fingerprint density at radius 3 is 2.43 bits per heavy atom. The number of carboxylic acid groups (broad SMARTS) is 1. The molecule has 21 heavy (non-hydrogen) atoms. The second kappa shape index (κ2) is 5.93. The summed E-state index contributed by atoms with van der Waals surface area (Å²) in [4.78, 5) is 10.6. The van der Waals surface area contributed by atoms with Gasteiger partial charge in [-0.1, -0.05) is 28.1 Å². The first-order valence-electron chi connectivity index (χ1n) is 5.89. The zero-order chi connectivity index (χ0) is 15.6. The lowest BCUT2D eigenvalue weighted by Gasteiger charge is -2.16. The van der Waals surface area contributed by atoms with Gasteiger partial charge < -0.3 is 9.84 Å². The lowest BCUT2D eigenvalue weighted by Crippen LogP contribution is -2.35. The van der Waals surface area contributed by atoms with E-state index >= 15 is 0 Å². The van der Waals surface area contributed by atoms with Crippen molar-refractivity contribution in [3.8, 4) is 5.75 Å². The van der Waals surface area contributed by atoms with E-state index in [1.165, 1.54) is 6.07 Å². The highest BCUT2D eigenvalue weighted by Gasteiger charge is 2.45. The molecule has 2 aromatic rings. The molecule has 1 atom stereocenters. The summed E-state index contributed by atoms with van der Waals surface area (Å²) in [6, 6.07) is 10.2. The average Bonchev–Trinajstić information content (AvgIpc) is 2.37. The Labute approximate surface area is 126 Å². The highest BCUT2D eigenvalue weighted by molar-refractivity contribution is 9.10. The third-order valence-corrected chi connectivity index (χ3v) is 3.38. The molecule has 1 N–H and O–H groups in total. The quantitative estimate of drug-likeness (QED) is 0.884. The molecule has 0 bridgehead atoms. The molecule has 0 spiro atoms. The van der Waals surface area contributed by atoms with Crippen LogP contribution in [0.25, 0.3) is 10.8 Å². The van der Waals surface area contributed by atoms with E-state index in [0.29, 0.717) is 0 Å². The fraction of sp³-hybridized carbons (Fsp3) is 0.214. The molecular weight excluding hydrogens is 353 g/mol. The summed E-state index contributed by atoms with van der Waals surface area (Å²) < 4.78 is 43.4. The molecule has 112 valence electrons. The van der Waals surface area contributed by atoms with E-state index in [0.717, 1.165) is 15.2 Å². The van der Waals surface area contributed by atoms with Crippen molar-refractivity contribution in [2.24, 2.45) is 5.92 Å². The number of fused-ring (bicyclic) bond motifs is 1. The van der Waals surface area contributed by atoms with Gasteiger partial charge in [-0.05, 0) is 35.0 Å². The summed E-state index contributed by atoms with van der Waals surface area (Å²) in [5.41, 5.74) is 0. The van der Waals surface area contributed by atoms with Crippen LogP contribution in [0.3, 0.4) is 0 Å². The number of hydrogen-bond acceptors (Lipinski definition) is 2. The molecule has 3 nitrogen and oxygen atoms in total. The van der Waals surface area contributed by atoms with Crippen LogP contribution in [0.1, 0.15) is 0 Å². The maximum absolute atomic E-state index is 12.5. The fourth-order valence-corrected chi connectivity index (χ4v) is 2.15. The van der Waals surface area contributed by atoms with Crippen molar-refractivity contribution in [1.29, 1.82) is 0 Å². The van der Waals surface area contributed by atoms with E-state index in [9.17, 15) is 18.0 Å². The largest absolute Gasteiger partial charge is 0.492 e. The molecule has 0 fully saturated rings. The van der Waals surface area contributed by atoms with E-state index in [-0.39, 0.29) is 5.75 Å². The summed E-state index contributed by atoms with van der Waals surface area (Å²) in [5, 5.41) is 10.3. The van der Waals surface area contributed by atoms with Crippen LogP contribution >= 0.6 is 15.9 Å². The topological polar surface area (TPSA) is 46.5 Å². The van der Waals surface area contributed by atoms with Gasteiger partial charge in [-0.2, -0.15) is 13.2 Å². The van der Waals surface area contributed by atoms with Crippen molar-refractivity contribution < 1.29 is 27.8 Å². The number of halogens is 4. The Kier molecular flexibility index (Phi) is 4.41. The average molecular weight is 363 g/mol. The maximum Gasteiger partial charge on any atom is 0.405 e. The van der Waals surface area contributed by atoms with Gasteiger partial charge in [0.1, 0.15) is 12.4 Å². The van der Waals surface area contributed by atoms with Crippen LogP contribution in [0, 0.1) is 5.92 Å². The van der Waals surface area contributed by atoms with Crippen molar-refractivity contribution in [2.45, 2.75) is 6.18 Å². The molecule has 0 aromatic heterocycles. The molecule has 0 heterocycles. The molecule has 0 aliphatic rings. The monoisotopic (exact) mass is 362 g/mol. The fourth-order valence-electron chi connectivity index (χ4n) is 1.77. The van der Waals surface area contributed by atoms with Crippen LogP contribution in [0.2, 0.25) is 0 Å². The third-order valence-electron chi connectivity index (χ3n) is 2.88. The number of hydrogen-bond donors (Lipinski definition) is 1. The number of carbonyl (C=O) groups is 1. The summed E-state index contributed by atoms with van der Waals surface area (Å²) in [6.45, 7) is -0.957. The summed E-state index contributed by atoms with van der Waals surface area (Å²) in [6.07, 6.45) is -4.84. The van der Waals surface area contributed by atoms with Gasteiger partial charge in [0.15, 0.2) is 5.92 Å². The molecule has 7 heteroatoms. The zero-order valence-corrected chi connectivity index (χ0v) is 12.1. The first-order valence-corrected chi connectivity index (χ1v) is 6.68. The van der Waals surface area contributed by atoms with Crippen LogP contribution in [-0.4, -0.2) is 23.9 Å². The number of carboxylic acids is 1. The third kappa shape index (κ3) is 3.87. The summed E-state index contributed by atoms with van der Waals surface area (Å²) in [5.74, 6) is -4.30. The first kappa shape index (κ1) is 15.6. The standard InChI is InChI=1S/C14H10BrF3O3/c15-10-3-1-9-6-11(4-2-8(9)5-10)21-7-12(13(19)20)14(16,17)18/h1-6,12H,7H2,(H,19,20). The zero-order valence-electron chi connectivity index (χ0n) is 10.5. The van der Waals surface area contributed by atoms with Gasteiger partial charge in [-0.25, -0.2) is 0 Å². The predicted molar refractivity (Wildman–Crippen MR) is 74.3 cm³/mol. The first-order chi connectivity index (χ1) is 9.77. The van der Waals surface area contributed by atoms with Crippen LogP contribution in [0.15, 0.2) is 40.9 Å². The Balaban J connectivity index is 2.16. The van der Waals surface area contributed by atoms with Crippen molar-refractivity contribution >= 4 is 32.7 Å². The van der Waals surface area contributed by atoms with Crippen LogP contribution in [-0.2, 0) is 4.79 Å². The van der Waals surface area contributed by atoms with E-state index in [1.807, 2.05) is 6.07 Å². The number of ether oxygens (including phenoxy) is 1. The van der Waals surface area contributed by atoms with Gasteiger partial charge in [-0.3, -0.25) is 4.79 Å². The smallest absolute Gasteiger partial charge is 0.405 e. The maximum atomic E-state index is 12.5. The lowest BCUT2D eigenvalue weighted by molar-refractivity contribution is -0.198. The Morgan fingerprint density at radius 2 is 1.81 bits per heavy atom. The van der Waals surface area contributed by atoms with Gasteiger partial charge in [0.25, 0.3) is 0 Å². The minimum Gasteiger partial charge on any atom is -0.492 e. The van der Waals surface area contributed by atoms with Gasteiger partial charge in [0.2, 0.25) is 0 Å². The normalized spacial score (nSPS) is 13.1. The SMILES string of the molecule is O=C(O)C(COc1ccc2cc(Br)ccc2c1)C(F)(F)F. The van der Waals surface area contributed by atoms with Gasteiger partial charge in [-0.15, -0.1) is 0 Å². The van der Waals surface area contributed by atoms with E-state index in [2.05, 4.69) is 15.9 Å². The van der Waals surface area contributed by atoms with Crippen molar-refractivity contribution in [2.75, 3.05) is 6.61 Å². The second-order valence-electron chi connectivity index (χ2n) is 4.40. The second-order valence-corrected chi connectivity index (χ2v) is 5.31. The van der Waals surface area contributed by atoms with Crippen LogP contribution in [0.5, 0.6) is 5.75 Å². The molecule has 0 radical (unpaired) electrons. The molecule has 2 aromatic carbocycles. The minimum atomic E-state index is -4.84. The molecule has 0 saturated carbocycles. The van der Waals surface area contributed by atoms with E-state index in [4.69, 9.17) is 9.84 Å². The Bertz CT molecular complexity index is 670. The summed E-state index contributed by atoms with van der Waals surface area (Å²) >= 11 is 3.32. The summed E-state index contributed by atoms with van der Waals surface area (Å²) in [7, 11) is 0. The van der Waals surface area contributed by atoms with Crippen LogP contribution < -0.4 is 4.74 Å². The number of aliphatic carboxylic acids is 1. The molecular formula is C14H10BrF3O3.